The molecule has 0 bridgehead atoms. The molecule has 148 valence electrons. The molecular formula is C19H26ClN3O4. The smallest absolute Gasteiger partial charge is 0.251 e. The average Bonchev–Trinajstić information content (AvgIpc) is 3.12. The van der Waals surface area contributed by atoms with Crippen molar-refractivity contribution in [2.45, 2.75) is 46.0 Å². The van der Waals surface area contributed by atoms with Gasteiger partial charge in [-0.25, -0.2) is 0 Å². The summed E-state index contributed by atoms with van der Waals surface area (Å²) in [5, 5.41) is 7.12. The van der Waals surface area contributed by atoms with Crippen LogP contribution in [0.15, 0.2) is 16.7 Å². The Kier molecular flexibility index (Phi) is 7.91. The van der Waals surface area contributed by atoms with E-state index in [4.69, 9.17) is 25.6 Å². The van der Waals surface area contributed by atoms with Gasteiger partial charge in [-0.3, -0.25) is 4.79 Å². The lowest BCUT2D eigenvalue weighted by Gasteiger charge is -2.13. The number of nitrogens with zero attached hydrogens (tertiary/aromatic N) is 2. The van der Waals surface area contributed by atoms with Crippen LogP contribution in [0.2, 0.25) is 5.02 Å². The van der Waals surface area contributed by atoms with Gasteiger partial charge in [0.15, 0.2) is 17.3 Å². The Hall–Kier alpha value is -2.28. The lowest BCUT2D eigenvalue weighted by Crippen LogP contribution is -2.25. The second kappa shape index (κ2) is 10.2. The van der Waals surface area contributed by atoms with Gasteiger partial charge in [0.05, 0.1) is 18.7 Å². The Balaban J connectivity index is 1.90. The highest BCUT2D eigenvalue weighted by Gasteiger charge is 2.16. The van der Waals surface area contributed by atoms with Crippen LogP contribution < -0.4 is 14.8 Å². The van der Waals surface area contributed by atoms with Crippen molar-refractivity contribution in [3.63, 3.8) is 0 Å². The molecule has 1 amide bonds. The number of methoxy groups -OCH3 is 1. The molecule has 1 aromatic carbocycles. The summed E-state index contributed by atoms with van der Waals surface area (Å²) in [6.45, 7) is 7.02. The molecule has 27 heavy (non-hydrogen) atoms. The van der Waals surface area contributed by atoms with E-state index in [-0.39, 0.29) is 11.8 Å². The number of rotatable bonds is 10. The van der Waals surface area contributed by atoms with E-state index >= 15 is 0 Å². The summed E-state index contributed by atoms with van der Waals surface area (Å²) in [6, 6.07) is 3.20. The van der Waals surface area contributed by atoms with Crippen LogP contribution in [0.5, 0.6) is 11.5 Å². The van der Waals surface area contributed by atoms with Crippen LogP contribution in [0.3, 0.4) is 0 Å². The van der Waals surface area contributed by atoms with E-state index in [1.807, 2.05) is 20.8 Å². The van der Waals surface area contributed by atoms with E-state index < -0.39 is 0 Å². The molecule has 0 fully saturated rings. The number of aromatic nitrogens is 2. The van der Waals surface area contributed by atoms with Crippen LogP contribution in [-0.2, 0) is 6.42 Å². The van der Waals surface area contributed by atoms with Crippen molar-refractivity contribution in [1.29, 1.82) is 0 Å². The summed E-state index contributed by atoms with van der Waals surface area (Å²) < 4.78 is 16.1. The van der Waals surface area contributed by atoms with E-state index in [0.717, 1.165) is 6.42 Å². The molecule has 0 aliphatic rings. The molecule has 0 saturated carbocycles. The van der Waals surface area contributed by atoms with Crippen molar-refractivity contribution in [1.82, 2.24) is 15.5 Å². The number of hydrogen-bond acceptors (Lipinski definition) is 6. The molecule has 0 atom stereocenters. The van der Waals surface area contributed by atoms with Gasteiger partial charge in [-0.2, -0.15) is 4.98 Å². The number of carbonyl (C=O) groups excluding carboxylic acids is 1. The number of carbonyl (C=O) groups is 1. The summed E-state index contributed by atoms with van der Waals surface area (Å²) in [4.78, 5) is 16.7. The fourth-order valence-electron chi connectivity index (χ4n) is 2.34. The zero-order valence-corrected chi connectivity index (χ0v) is 16.9. The third-order valence-corrected chi connectivity index (χ3v) is 4.08. The van der Waals surface area contributed by atoms with E-state index in [1.54, 1.807) is 12.1 Å². The molecule has 1 N–H and O–H groups in total. The van der Waals surface area contributed by atoms with Crippen LogP contribution in [0, 0.1) is 0 Å². The van der Waals surface area contributed by atoms with Crippen molar-refractivity contribution in [3.8, 4) is 11.5 Å². The molecule has 8 heteroatoms. The number of benzene rings is 1. The molecule has 0 aliphatic carbocycles. The summed E-state index contributed by atoms with van der Waals surface area (Å²) in [7, 11) is 1.52. The number of halogens is 1. The van der Waals surface area contributed by atoms with E-state index in [2.05, 4.69) is 15.5 Å². The van der Waals surface area contributed by atoms with Gasteiger partial charge in [-0.05, 0) is 25.0 Å². The van der Waals surface area contributed by atoms with Gasteiger partial charge in [-0.1, -0.05) is 37.5 Å². The van der Waals surface area contributed by atoms with Gasteiger partial charge in [0.2, 0.25) is 5.89 Å². The van der Waals surface area contributed by atoms with E-state index in [9.17, 15) is 4.79 Å². The summed E-state index contributed by atoms with van der Waals surface area (Å²) in [6.07, 6.45) is 2.14. The Labute approximate surface area is 164 Å². The second-order valence-corrected chi connectivity index (χ2v) is 6.81. The number of nitrogens with one attached hydrogen (secondary N) is 1. The van der Waals surface area contributed by atoms with E-state index in [1.165, 1.54) is 7.11 Å². The summed E-state index contributed by atoms with van der Waals surface area (Å²) >= 11 is 6.25. The van der Waals surface area contributed by atoms with Crippen molar-refractivity contribution >= 4 is 17.5 Å². The fraction of sp³-hybridized carbons (Fsp3) is 0.526. The largest absolute Gasteiger partial charge is 0.493 e. The summed E-state index contributed by atoms with van der Waals surface area (Å²) in [5.41, 5.74) is 0.417. The number of hydrogen-bond donors (Lipinski definition) is 1. The van der Waals surface area contributed by atoms with Gasteiger partial charge in [0.1, 0.15) is 0 Å². The molecule has 0 unspecified atom stereocenters. The average molecular weight is 396 g/mol. The molecular weight excluding hydrogens is 370 g/mol. The SMILES string of the molecule is CCCOc1c(Cl)cc(C(=O)NCCCc2nc(C(C)C)no2)cc1OC. The predicted molar refractivity (Wildman–Crippen MR) is 103 cm³/mol. The Bertz CT molecular complexity index is 761. The molecule has 7 nitrogen and oxygen atoms in total. The third kappa shape index (κ3) is 5.85. The van der Waals surface area contributed by atoms with Gasteiger partial charge in [0, 0.05) is 24.4 Å². The zero-order valence-electron chi connectivity index (χ0n) is 16.2. The first-order valence-corrected chi connectivity index (χ1v) is 9.45. The molecule has 0 saturated heterocycles. The van der Waals surface area contributed by atoms with Gasteiger partial charge >= 0.3 is 0 Å². The monoisotopic (exact) mass is 395 g/mol. The molecule has 0 aliphatic heterocycles. The highest BCUT2D eigenvalue weighted by Crippen LogP contribution is 2.36. The molecule has 1 heterocycles. The third-order valence-electron chi connectivity index (χ3n) is 3.80. The first kappa shape index (κ1) is 21.0. The maximum absolute atomic E-state index is 12.4. The van der Waals surface area contributed by atoms with Crippen molar-refractivity contribution in [2.24, 2.45) is 0 Å². The molecule has 0 spiro atoms. The molecule has 1 aromatic heterocycles. The van der Waals surface area contributed by atoms with Gasteiger partial charge in [0.25, 0.3) is 5.91 Å². The number of ether oxygens (including phenoxy) is 2. The summed E-state index contributed by atoms with van der Waals surface area (Å²) in [5.74, 6) is 2.16. The van der Waals surface area contributed by atoms with Crippen molar-refractivity contribution in [2.75, 3.05) is 20.3 Å². The zero-order chi connectivity index (χ0) is 19.8. The first-order chi connectivity index (χ1) is 13.0. The van der Waals surface area contributed by atoms with E-state index in [0.29, 0.717) is 59.8 Å². The van der Waals surface area contributed by atoms with Crippen LogP contribution in [-0.4, -0.2) is 36.3 Å². The van der Waals surface area contributed by atoms with Gasteiger partial charge in [-0.15, -0.1) is 0 Å². The maximum atomic E-state index is 12.4. The number of aryl methyl sites for hydroxylation is 1. The molecule has 0 radical (unpaired) electrons. The van der Waals surface area contributed by atoms with Crippen LogP contribution in [0.4, 0.5) is 0 Å². The molecule has 2 rings (SSSR count). The second-order valence-electron chi connectivity index (χ2n) is 6.40. The lowest BCUT2D eigenvalue weighted by molar-refractivity contribution is 0.0952. The normalized spacial score (nSPS) is 10.9. The van der Waals surface area contributed by atoms with Crippen LogP contribution in [0.25, 0.3) is 0 Å². The Morgan fingerprint density at radius 3 is 2.78 bits per heavy atom. The fourth-order valence-corrected chi connectivity index (χ4v) is 2.61. The minimum absolute atomic E-state index is 0.228. The van der Waals surface area contributed by atoms with Crippen LogP contribution in [0.1, 0.15) is 61.6 Å². The lowest BCUT2D eigenvalue weighted by atomic mass is 10.1. The predicted octanol–water partition coefficient (Wildman–Crippen LogP) is 4.01. The first-order valence-electron chi connectivity index (χ1n) is 9.07. The number of amides is 1. The minimum Gasteiger partial charge on any atom is -0.493 e. The highest BCUT2D eigenvalue weighted by molar-refractivity contribution is 6.32. The Morgan fingerprint density at radius 2 is 2.15 bits per heavy atom. The standard InChI is InChI=1S/C19H26ClN3O4/c1-5-9-26-17-14(20)10-13(11-15(17)25-4)19(24)21-8-6-7-16-22-18(12(2)3)23-27-16/h10-12H,5-9H2,1-4H3,(H,21,24). The maximum Gasteiger partial charge on any atom is 0.251 e. The molecule has 2 aromatic rings. The van der Waals surface area contributed by atoms with Crippen molar-refractivity contribution < 1.29 is 18.8 Å². The quantitative estimate of drug-likeness (QED) is 0.612. The topological polar surface area (TPSA) is 86.5 Å². The van der Waals surface area contributed by atoms with Crippen molar-refractivity contribution in [3.05, 3.63) is 34.4 Å². The highest BCUT2D eigenvalue weighted by atomic mass is 35.5. The van der Waals surface area contributed by atoms with Crippen LogP contribution >= 0.6 is 11.6 Å². The van der Waals surface area contributed by atoms with Gasteiger partial charge < -0.3 is 19.3 Å². The minimum atomic E-state index is -0.231. The Morgan fingerprint density at radius 1 is 1.37 bits per heavy atom.